The molecule has 102 valence electrons. The van der Waals surface area contributed by atoms with Gasteiger partial charge in [-0.05, 0) is 55.7 Å². The third kappa shape index (κ3) is 3.44. The lowest BCUT2D eigenvalue weighted by Gasteiger charge is -2.26. The third-order valence-electron chi connectivity index (χ3n) is 3.34. The molecule has 1 aromatic heterocycles. The first-order valence-corrected chi connectivity index (χ1v) is 7.09. The van der Waals surface area contributed by atoms with Gasteiger partial charge in [0, 0.05) is 11.6 Å². The molecule has 1 heterocycles. The number of nitrogens with one attached hydrogen (secondary N) is 1. The molecule has 2 rings (SSSR count). The number of carboxylic acid groups (broad SMARTS) is 1. The number of carbonyl (C=O) groups excluding carboxylic acids is 1. The molecule has 0 spiro atoms. The number of hydrogen-bond donors (Lipinski definition) is 2. The summed E-state index contributed by atoms with van der Waals surface area (Å²) < 4.78 is 0. The molecule has 0 unspecified atom stereocenters. The summed E-state index contributed by atoms with van der Waals surface area (Å²) in [5.41, 5.74) is 0.450. The van der Waals surface area contributed by atoms with Crippen molar-refractivity contribution in [2.24, 2.45) is 5.92 Å². The van der Waals surface area contributed by atoms with E-state index in [2.05, 4.69) is 5.32 Å². The quantitative estimate of drug-likeness (QED) is 0.814. The van der Waals surface area contributed by atoms with E-state index in [1.165, 1.54) is 17.4 Å². The zero-order valence-electron chi connectivity index (χ0n) is 11.0. The van der Waals surface area contributed by atoms with Gasteiger partial charge in [0.1, 0.15) is 0 Å². The van der Waals surface area contributed by atoms with Gasteiger partial charge >= 0.3 is 5.97 Å². The Hall–Kier alpha value is -1.62. The molecule has 4 nitrogen and oxygen atoms in total. The fourth-order valence-corrected chi connectivity index (χ4v) is 2.83. The van der Waals surface area contributed by atoms with Gasteiger partial charge in [-0.25, -0.2) is 4.79 Å². The minimum atomic E-state index is -1.02. The van der Waals surface area contributed by atoms with E-state index in [4.69, 9.17) is 5.11 Å². The van der Waals surface area contributed by atoms with Crippen molar-refractivity contribution in [3.63, 3.8) is 0 Å². The molecule has 1 amide bonds. The van der Waals surface area contributed by atoms with E-state index in [1.807, 2.05) is 13.8 Å². The fraction of sp³-hybridized carbons (Fsp3) is 0.429. The van der Waals surface area contributed by atoms with Gasteiger partial charge in [-0.2, -0.15) is 0 Å². The average Bonchev–Trinajstić information content (AvgIpc) is 3.06. The minimum absolute atomic E-state index is 0.128. The normalized spacial score (nSPS) is 15.7. The third-order valence-corrected chi connectivity index (χ3v) is 4.27. The number of carbonyl (C=O) groups is 2. The maximum absolute atomic E-state index is 12.2. The van der Waals surface area contributed by atoms with E-state index >= 15 is 0 Å². The zero-order chi connectivity index (χ0) is 14.0. The van der Waals surface area contributed by atoms with Gasteiger partial charge in [0.25, 0.3) is 5.91 Å². The highest BCUT2D eigenvalue weighted by atomic mass is 32.1. The molecule has 0 bridgehead atoms. The Labute approximate surface area is 116 Å². The van der Waals surface area contributed by atoms with E-state index in [1.54, 1.807) is 11.4 Å². The van der Waals surface area contributed by atoms with Crippen molar-refractivity contribution in [3.05, 3.63) is 28.0 Å². The van der Waals surface area contributed by atoms with E-state index in [9.17, 15) is 9.59 Å². The fourth-order valence-electron chi connectivity index (χ4n) is 2.05. The van der Waals surface area contributed by atoms with Crippen LogP contribution in [0.15, 0.2) is 17.5 Å². The van der Waals surface area contributed by atoms with Crippen LogP contribution in [0.1, 0.15) is 41.9 Å². The molecule has 0 radical (unpaired) electrons. The Kier molecular flexibility index (Phi) is 3.75. The van der Waals surface area contributed by atoms with Crippen LogP contribution in [0.2, 0.25) is 0 Å². The van der Waals surface area contributed by atoms with Crippen LogP contribution in [-0.4, -0.2) is 22.5 Å². The van der Waals surface area contributed by atoms with Crippen LogP contribution in [0.3, 0.4) is 0 Å². The standard InChI is InChI=1S/C14H17NO3S/c1-14(2,10-4-5-10)15-13(18)12-9(7-8-19-12)3-6-11(16)17/h3,6-8,10H,4-5H2,1-2H3,(H,15,18)(H,16,17)/b6-3+. The average molecular weight is 279 g/mol. The van der Waals surface area contributed by atoms with Crippen molar-refractivity contribution in [3.8, 4) is 0 Å². The topological polar surface area (TPSA) is 66.4 Å². The second-order valence-electron chi connectivity index (χ2n) is 5.33. The van der Waals surface area contributed by atoms with Crippen LogP contribution in [0, 0.1) is 5.92 Å². The van der Waals surface area contributed by atoms with Crippen LogP contribution in [0.5, 0.6) is 0 Å². The van der Waals surface area contributed by atoms with E-state index in [0.29, 0.717) is 16.4 Å². The Morgan fingerprint density at radius 3 is 2.74 bits per heavy atom. The first kappa shape index (κ1) is 13.8. The van der Waals surface area contributed by atoms with Crippen molar-refractivity contribution in [2.75, 3.05) is 0 Å². The monoisotopic (exact) mass is 279 g/mol. The van der Waals surface area contributed by atoms with Crippen molar-refractivity contribution < 1.29 is 14.7 Å². The first-order valence-electron chi connectivity index (χ1n) is 6.21. The summed E-state index contributed by atoms with van der Waals surface area (Å²) in [5.74, 6) is -0.595. The molecular weight excluding hydrogens is 262 g/mol. The first-order chi connectivity index (χ1) is 8.90. The highest BCUT2D eigenvalue weighted by Crippen LogP contribution is 2.39. The Morgan fingerprint density at radius 2 is 2.16 bits per heavy atom. The number of amides is 1. The van der Waals surface area contributed by atoms with Crippen LogP contribution in [0.4, 0.5) is 0 Å². The summed E-state index contributed by atoms with van der Waals surface area (Å²) in [6, 6.07) is 1.75. The Morgan fingerprint density at radius 1 is 1.47 bits per heavy atom. The minimum Gasteiger partial charge on any atom is -0.478 e. The van der Waals surface area contributed by atoms with E-state index < -0.39 is 5.97 Å². The number of carboxylic acids is 1. The SMILES string of the molecule is CC(C)(NC(=O)c1sccc1/C=C/C(=O)O)C1CC1. The largest absolute Gasteiger partial charge is 0.478 e. The Bertz CT molecular complexity index is 527. The number of rotatable bonds is 5. The second kappa shape index (κ2) is 5.17. The van der Waals surface area contributed by atoms with Gasteiger partial charge in [-0.15, -0.1) is 11.3 Å². The molecule has 19 heavy (non-hydrogen) atoms. The molecular formula is C14H17NO3S. The van der Waals surface area contributed by atoms with Crippen LogP contribution in [0.25, 0.3) is 6.08 Å². The van der Waals surface area contributed by atoms with Gasteiger partial charge in [-0.1, -0.05) is 0 Å². The van der Waals surface area contributed by atoms with Gasteiger partial charge in [-0.3, -0.25) is 4.79 Å². The lowest BCUT2D eigenvalue weighted by molar-refractivity contribution is -0.131. The second-order valence-corrected chi connectivity index (χ2v) is 6.24. The molecule has 5 heteroatoms. The molecule has 1 aromatic rings. The molecule has 1 fully saturated rings. The molecule has 2 N–H and O–H groups in total. The van der Waals surface area contributed by atoms with E-state index in [-0.39, 0.29) is 11.4 Å². The number of hydrogen-bond acceptors (Lipinski definition) is 3. The van der Waals surface area contributed by atoms with Crippen LogP contribution >= 0.6 is 11.3 Å². The molecule has 0 aromatic carbocycles. The highest BCUT2D eigenvalue weighted by molar-refractivity contribution is 7.12. The molecule has 1 saturated carbocycles. The van der Waals surface area contributed by atoms with Crippen molar-refractivity contribution in [2.45, 2.75) is 32.2 Å². The maximum Gasteiger partial charge on any atom is 0.328 e. The lowest BCUT2D eigenvalue weighted by Crippen LogP contribution is -2.45. The highest BCUT2D eigenvalue weighted by Gasteiger charge is 2.39. The molecule has 1 aliphatic rings. The van der Waals surface area contributed by atoms with Crippen molar-refractivity contribution in [1.82, 2.24) is 5.32 Å². The predicted molar refractivity (Wildman–Crippen MR) is 75.3 cm³/mol. The smallest absolute Gasteiger partial charge is 0.328 e. The summed E-state index contributed by atoms with van der Waals surface area (Å²) in [4.78, 5) is 23.3. The van der Waals surface area contributed by atoms with Crippen LogP contribution in [-0.2, 0) is 4.79 Å². The van der Waals surface area contributed by atoms with Gasteiger partial charge < -0.3 is 10.4 Å². The molecule has 0 atom stereocenters. The predicted octanol–water partition coefficient (Wildman–Crippen LogP) is 2.76. The lowest BCUT2D eigenvalue weighted by atomic mass is 9.98. The summed E-state index contributed by atoms with van der Waals surface area (Å²) in [6.45, 7) is 4.06. The van der Waals surface area contributed by atoms with Crippen molar-refractivity contribution in [1.29, 1.82) is 0 Å². The summed E-state index contributed by atoms with van der Waals surface area (Å²) >= 11 is 1.33. The number of aliphatic carboxylic acids is 1. The summed E-state index contributed by atoms with van der Waals surface area (Å²) in [5, 5.41) is 13.5. The maximum atomic E-state index is 12.2. The zero-order valence-corrected chi connectivity index (χ0v) is 11.8. The molecule has 0 saturated heterocycles. The van der Waals surface area contributed by atoms with Gasteiger partial charge in [0.05, 0.1) is 4.88 Å². The molecule has 0 aliphatic heterocycles. The Balaban J connectivity index is 2.11. The van der Waals surface area contributed by atoms with Gasteiger partial charge in [0.15, 0.2) is 0 Å². The summed E-state index contributed by atoms with van der Waals surface area (Å²) in [7, 11) is 0. The van der Waals surface area contributed by atoms with Gasteiger partial charge in [0.2, 0.25) is 0 Å². The number of thiophene rings is 1. The van der Waals surface area contributed by atoms with Crippen molar-refractivity contribution >= 4 is 29.3 Å². The van der Waals surface area contributed by atoms with E-state index in [0.717, 1.165) is 18.9 Å². The summed E-state index contributed by atoms with van der Waals surface area (Å²) in [6.07, 6.45) is 4.82. The molecule has 1 aliphatic carbocycles. The van der Waals surface area contributed by atoms with Crippen LogP contribution < -0.4 is 5.32 Å².